The summed E-state index contributed by atoms with van der Waals surface area (Å²) in [4.78, 5) is 27.4. The van der Waals surface area contributed by atoms with Crippen LogP contribution in [0.15, 0.2) is 53.3 Å². The molecular weight excluding hydrogens is 304 g/mol. The molecule has 0 aliphatic heterocycles. The van der Waals surface area contributed by atoms with Gasteiger partial charge in [-0.2, -0.15) is 15.0 Å². The predicted molar refractivity (Wildman–Crippen MR) is 94.4 cm³/mol. The highest BCUT2D eigenvalue weighted by molar-refractivity contribution is 5.58. The summed E-state index contributed by atoms with van der Waals surface area (Å²) in [5, 5.41) is 6.31. The Balaban J connectivity index is 2.01. The Kier molecular flexibility index (Phi) is 4.51. The Bertz CT molecular complexity index is 876. The normalized spacial score (nSPS) is 10.6. The molecule has 0 saturated carbocycles. The zero-order chi connectivity index (χ0) is 16.9. The van der Waals surface area contributed by atoms with Crippen molar-refractivity contribution in [1.29, 1.82) is 0 Å². The van der Waals surface area contributed by atoms with E-state index in [1.165, 1.54) is 6.07 Å². The number of H-pyrrole nitrogens is 1. The molecule has 0 radical (unpaired) electrons. The first-order valence-corrected chi connectivity index (χ1v) is 7.64. The number of nitrogens with one attached hydrogen (secondary N) is 3. The maximum absolute atomic E-state index is 11.5. The molecule has 24 heavy (non-hydrogen) atoms. The van der Waals surface area contributed by atoms with Crippen molar-refractivity contribution < 1.29 is 0 Å². The Morgan fingerprint density at radius 3 is 2.38 bits per heavy atom. The number of rotatable bonds is 5. The van der Waals surface area contributed by atoms with Crippen molar-refractivity contribution in [3.63, 3.8) is 0 Å². The molecule has 0 aliphatic carbocycles. The maximum atomic E-state index is 11.5. The van der Waals surface area contributed by atoms with Gasteiger partial charge in [-0.1, -0.05) is 24.3 Å². The largest absolute Gasteiger partial charge is 0.352 e. The molecule has 7 nitrogen and oxygen atoms in total. The second kappa shape index (κ2) is 6.91. The van der Waals surface area contributed by atoms with Crippen molar-refractivity contribution in [2.45, 2.75) is 19.9 Å². The first kappa shape index (κ1) is 15.7. The highest BCUT2D eigenvalue weighted by atomic mass is 16.1. The second-order valence-corrected chi connectivity index (χ2v) is 5.53. The monoisotopic (exact) mass is 322 g/mol. The molecular formula is C17H18N6O. The smallest absolute Gasteiger partial charge is 0.248 e. The molecule has 2 aromatic heterocycles. The third-order valence-corrected chi connectivity index (χ3v) is 3.09. The second-order valence-electron chi connectivity index (χ2n) is 5.53. The number of pyridine rings is 1. The van der Waals surface area contributed by atoms with Gasteiger partial charge in [0.25, 0.3) is 0 Å². The minimum Gasteiger partial charge on any atom is -0.352 e. The zero-order valence-electron chi connectivity index (χ0n) is 13.4. The molecule has 7 heteroatoms. The van der Waals surface area contributed by atoms with Crippen molar-refractivity contribution in [3.05, 3.63) is 58.9 Å². The third kappa shape index (κ3) is 3.95. The standard InChI is InChI=1S/C17H18N6O/c1-11(2)18-16-21-15(13-9-6-10-14(24)20-13)22-17(23-16)19-12-7-4-3-5-8-12/h3-11H,1-2H3,(H,20,24)(H2,18,19,21,22,23). The molecule has 0 amide bonds. The van der Waals surface area contributed by atoms with Crippen LogP contribution in [0.1, 0.15) is 13.8 Å². The van der Waals surface area contributed by atoms with Crippen LogP contribution in [0.25, 0.3) is 11.5 Å². The summed E-state index contributed by atoms with van der Waals surface area (Å²) >= 11 is 0. The third-order valence-electron chi connectivity index (χ3n) is 3.09. The van der Waals surface area contributed by atoms with Gasteiger partial charge < -0.3 is 15.6 Å². The van der Waals surface area contributed by atoms with Crippen LogP contribution in [0.2, 0.25) is 0 Å². The number of anilines is 3. The van der Waals surface area contributed by atoms with Gasteiger partial charge in [-0.15, -0.1) is 0 Å². The first-order valence-electron chi connectivity index (χ1n) is 7.64. The molecule has 0 bridgehead atoms. The number of hydrogen-bond acceptors (Lipinski definition) is 6. The quantitative estimate of drug-likeness (QED) is 0.668. The van der Waals surface area contributed by atoms with E-state index in [1.807, 2.05) is 44.2 Å². The average molecular weight is 322 g/mol. The molecule has 1 aromatic carbocycles. The summed E-state index contributed by atoms with van der Waals surface area (Å²) in [6, 6.07) is 14.6. The summed E-state index contributed by atoms with van der Waals surface area (Å²) in [5.74, 6) is 1.24. The van der Waals surface area contributed by atoms with Crippen molar-refractivity contribution in [2.75, 3.05) is 10.6 Å². The van der Waals surface area contributed by atoms with Crippen LogP contribution in [0.3, 0.4) is 0 Å². The van der Waals surface area contributed by atoms with Crippen LogP contribution in [-0.4, -0.2) is 26.0 Å². The van der Waals surface area contributed by atoms with Gasteiger partial charge in [0.2, 0.25) is 17.5 Å². The maximum Gasteiger partial charge on any atom is 0.248 e. The van der Waals surface area contributed by atoms with Crippen LogP contribution in [0.4, 0.5) is 17.6 Å². The topological polar surface area (TPSA) is 95.6 Å². The SMILES string of the molecule is CC(C)Nc1nc(Nc2ccccc2)nc(-c2cccc(=O)[nH]2)n1. The van der Waals surface area contributed by atoms with Gasteiger partial charge in [-0.25, -0.2) is 0 Å². The van der Waals surface area contributed by atoms with E-state index in [0.717, 1.165) is 5.69 Å². The van der Waals surface area contributed by atoms with Crippen LogP contribution < -0.4 is 16.2 Å². The highest BCUT2D eigenvalue weighted by Gasteiger charge is 2.10. The number of nitrogens with zero attached hydrogens (tertiary/aromatic N) is 3. The van der Waals surface area contributed by atoms with E-state index < -0.39 is 0 Å². The minimum absolute atomic E-state index is 0.166. The highest BCUT2D eigenvalue weighted by Crippen LogP contribution is 2.18. The van der Waals surface area contributed by atoms with Gasteiger partial charge in [0, 0.05) is 17.8 Å². The van der Waals surface area contributed by atoms with E-state index in [-0.39, 0.29) is 11.6 Å². The van der Waals surface area contributed by atoms with Crippen LogP contribution in [-0.2, 0) is 0 Å². The molecule has 0 saturated heterocycles. The Morgan fingerprint density at radius 2 is 1.67 bits per heavy atom. The van der Waals surface area contributed by atoms with E-state index in [1.54, 1.807) is 12.1 Å². The van der Waals surface area contributed by atoms with Crippen molar-refractivity contribution in [3.8, 4) is 11.5 Å². The van der Waals surface area contributed by atoms with Gasteiger partial charge in [0.05, 0.1) is 5.69 Å². The van der Waals surface area contributed by atoms with Gasteiger partial charge >= 0.3 is 0 Å². The fourth-order valence-corrected chi connectivity index (χ4v) is 2.10. The summed E-state index contributed by atoms with van der Waals surface area (Å²) < 4.78 is 0. The van der Waals surface area contributed by atoms with Gasteiger partial charge in [-0.3, -0.25) is 4.79 Å². The lowest BCUT2D eigenvalue weighted by Crippen LogP contribution is -2.15. The summed E-state index contributed by atoms with van der Waals surface area (Å²) in [6.45, 7) is 4.00. The van der Waals surface area contributed by atoms with Crippen molar-refractivity contribution in [1.82, 2.24) is 19.9 Å². The van der Waals surface area contributed by atoms with Crippen LogP contribution in [0, 0.1) is 0 Å². The summed E-state index contributed by atoms with van der Waals surface area (Å²) in [6.07, 6.45) is 0. The molecule has 3 rings (SSSR count). The van der Waals surface area contributed by atoms with Crippen LogP contribution >= 0.6 is 0 Å². The number of aromatic nitrogens is 4. The fourth-order valence-electron chi connectivity index (χ4n) is 2.10. The van der Waals surface area contributed by atoms with Gasteiger partial charge in [-0.05, 0) is 32.0 Å². The average Bonchev–Trinajstić information content (AvgIpc) is 2.55. The number of aromatic amines is 1. The fraction of sp³-hybridized carbons (Fsp3) is 0.176. The molecule has 0 aliphatic rings. The molecule has 0 spiro atoms. The van der Waals surface area contributed by atoms with E-state index in [2.05, 4.69) is 30.6 Å². The summed E-state index contributed by atoms with van der Waals surface area (Å²) in [7, 11) is 0. The lowest BCUT2D eigenvalue weighted by Gasteiger charge is -2.12. The summed E-state index contributed by atoms with van der Waals surface area (Å²) in [5.41, 5.74) is 1.20. The van der Waals surface area contributed by atoms with Crippen molar-refractivity contribution >= 4 is 17.6 Å². The number of benzene rings is 1. The molecule has 122 valence electrons. The van der Waals surface area contributed by atoms with E-state index >= 15 is 0 Å². The van der Waals surface area contributed by atoms with Gasteiger partial charge in [0.1, 0.15) is 0 Å². The first-order chi connectivity index (χ1) is 11.6. The molecule has 3 aromatic rings. The lowest BCUT2D eigenvalue weighted by molar-refractivity contribution is 0.868. The Morgan fingerprint density at radius 1 is 0.917 bits per heavy atom. The molecule has 0 atom stereocenters. The number of hydrogen-bond donors (Lipinski definition) is 3. The van der Waals surface area contributed by atoms with E-state index in [9.17, 15) is 4.79 Å². The molecule has 0 fully saturated rings. The van der Waals surface area contributed by atoms with E-state index in [0.29, 0.717) is 23.4 Å². The predicted octanol–water partition coefficient (Wildman–Crippen LogP) is 2.79. The lowest BCUT2D eigenvalue weighted by atomic mass is 10.3. The Hall–Kier alpha value is -3.22. The molecule has 2 heterocycles. The zero-order valence-corrected chi connectivity index (χ0v) is 13.4. The number of para-hydroxylation sites is 1. The molecule has 0 unspecified atom stereocenters. The minimum atomic E-state index is -0.205. The van der Waals surface area contributed by atoms with Gasteiger partial charge in [0.15, 0.2) is 5.82 Å². The van der Waals surface area contributed by atoms with Crippen LogP contribution in [0.5, 0.6) is 0 Å². The Labute approximate surface area is 139 Å². The van der Waals surface area contributed by atoms with Crippen molar-refractivity contribution in [2.24, 2.45) is 0 Å². The van der Waals surface area contributed by atoms with E-state index in [4.69, 9.17) is 0 Å². The molecule has 3 N–H and O–H groups in total.